The average molecular weight is 194 g/mol. The van der Waals surface area contributed by atoms with Gasteiger partial charge in [-0.15, -0.1) is 0 Å². The van der Waals surface area contributed by atoms with Crippen molar-refractivity contribution in [2.75, 3.05) is 18.5 Å². The molecule has 0 aromatic carbocycles. The van der Waals surface area contributed by atoms with E-state index in [0.717, 1.165) is 13.0 Å². The van der Waals surface area contributed by atoms with Gasteiger partial charge in [-0.25, -0.2) is 9.97 Å². The Balaban J connectivity index is 1.96. The van der Waals surface area contributed by atoms with Crippen LogP contribution in [0.4, 0.5) is 5.95 Å². The molecule has 2 heterocycles. The van der Waals surface area contributed by atoms with Crippen LogP contribution in [0.2, 0.25) is 0 Å². The summed E-state index contributed by atoms with van der Waals surface area (Å²) in [5.74, 6) is 0.610. The molecule has 1 aliphatic rings. The fourth-order valence-electron chi connectivity index (χ4n) is 1.44. The summed E-state index contributed by atoms with van der Waals surface area (Å²) in [6, 6.07) is 2.02. The summed E-state index contributed by atoms with van der Waals surface area (Å²) < 4.78 is 5.33. The van der Waals surface area contributed by atoms with Crippen LogP contribution >= 0.6 is 0 Å². The molecule has 5 nitrogen and oxygen atoms in total. The Morgan fingerprint density at radius 3 is 2.93 bits per heavy atom. The topological polar surface area (TPSA) is 73.1 Å². The number of nitrogens with two attached hydrogens (primary N) is 1. The maximum atomic E-state index is 5.93. The van der Waals surface area contributed by atoms with E-state index in [4.69, 9.17) is 10.5 Å². The number of rotatable bonds is 2. The summed E-state index contributed by atoms with van der Waals surface area (Å²) >= 11 is 0. The Labute approximate surface area is 82.7 Å². The molecule has 3 N–H and O–H groups in total. The molecule has 14 heavy (non-hydrogen) atoms. The quantitative estimate of drug-likeness (QED) is 0.693. The molecule has 0 saturated carbocycles. The number of hydrogen-bond donors (Lipinski definition) is 2. The second-order valence-electron chi connectivity index (χ2n) is 3.35. The van der Waals surface area contributed by atoms with E-state index in [1.807, 2.05) is 0 Å². The molecule has 0 radical (unpaired) electrons. The highest BCUT2D eigenvalue weighted by atomic mass is 16.5. The maximum Gasteiger partial charge on any atom is 0.222 e. The fraction of sp³-hybridized carbons (Fsp3) is 0.556. The summed E-state index contributed by atoms with van der Waals surface area (Å²) in [6.45, 7) is 1.37. The molecule has 2 atom stereocenters. The SMILES string of the molecule is NC1CCOCC1Nc1ncccn1. The molecular formula is C9H14N4O. The van der Waals surface area contributed by atoms with Gasteiger partial charge in [0, 0.05) is 25.0 Å². The fourth-order valence-corrected chi connectivity index (χ4v) is 1.44. The Hall–Kier alpha value is -1.20. The number of anilines is 1. The van der Waals surface area contributed by atoms with E-state index in [1.54, 1.807) is 18.5 Å². The Morgan fingerprint density at radius 1 is 1.43 bits per heavy atom. The first kappa shape index (κ1) is 9.36. The Bertz CT molecular complexity index is 279. The van der Waals surface area contributed by atoms with E-state index >= 15 is 0 Å². The minimum Gasteiger partial charge on any atom is -0.379 e. The van der Waals surface area contributed by atoms with Crippen LogP contribution in [0.25, 0.3) is 0 Å². The summed E-state index contributed by atoms with van der Waals surface area (Å²) in [5, 5.41) is 3.16. The van der Waals surface area contributed by atoms with E-state index in [2.05, 4.69) is 15.3 Å². The molecule has 2 unspecified atom stereocenters. The first-order valence-corrected chi connectivity index (χ1v) is 4.73. The summed E-state index contributed by atoms with van der Waals surface area (Å²) in [4.78, 5) is 8.15. The second kappa shape index (κ2) is 4.34. The van der Waals surface area contributed by atoms with Crippen LogP contribution in [-0.2, 0) is 4.74 Å². The van der Waals surface area contributed by atoms with Crippen molar-refractivity contribution in [2.45, 2.75) is 18.5 Å². The standard InChI is InChI=1S/C9H14N4O/c10-7-2-5-14-6-8(7)13-9-11-3-1-4-12-9/h1,3-4,7-8H,2,5-6,10H2,(H,11,12,13). The first-order valence-electron chi connectivity index (χ1n) is 4.73. The minimum atomic E-state index is 0.117. The molecule has 0 amide bonds. The van der Waals surface area contributed by atoms with Gasteiger partial charge in [0.1, 0.15) is 0 Å². The molecule has 1 aliphatic heterocycles. The zero-order valence-corrected chi connectivity index (χ0v) is 7.89. The first-order chi connectivity index (χ1) is 6.86. The zero-order chi connectivity index (χ0) is 9.80. The van der Waals surface area contributed by atoms with Gasteiger partial charge in [-0.3, -0.25) is 0 Å². The van der Waals surface area contributed by atoms with Crippen molar-refractivity contribution in [3.05, 3.63) is 18.5 Å². The monoisotopic (exact) mass is 194 g/mol. The van der Waals surface area contributed by atoms with Crippen molar-refractivity contribution in [3.63, 3.8) is 0 Å². The van der Waals surface area contributed by atoms with Gasteiger partial charge in [-0.05, 0) is 12.5 Å². The van der Waals surface area contributed by atoms with Gasteiger partial charge in [-0.1, -0.05) is 0 Å². The predicted octanol–water partition coefficient (Wildman–Crippen LogP) is 0.00470. The lowest BCUT2D eigenvalue weighted by Gasteiger charge is -2.29. The largest absolute Gasteiger partial charge is 0.379 e. The van der Waals surface area contributed by atoms with Gasteiger partial charge in [0.25, 0.3) is 0 Å². The number of ether oxygens (including phenoxy) is 1. The Morgan fingerprint density at radius 2 is 2.21 bits per heavy atom. The lowest BCUT2D eigenvalue weighted by Crippen LogP contribution is -2.47. The van der Waals surface area contributed by atoms with Crippen LogP contribution < -0.4 is 11.1 Å². The van der Waals surface area contributed by atoms with Gasteiger partial charge in [0.05, 0.1) is 12.6 Å². The molecular weight excluding hydrogens is 180 g/mol. The van der Waals surface area contributed by atoms with E-state index in [-0.39, 0.29) is 12.1 Å². The number of nitrogens with one attached hydrogen (secondary N) is 1. The normalized spacial score (nSPS) is 27.2. The van der Waals surface area contributed by atoms with Gasteiger partial charge < -0.3 is 15.8 Å². The molecule has 0 bridgehead atoms. The van der Waals surface area contributed by atoms with Crippen molar-refractivity contribution in [1.29, 1.82) is 0 Å². The Kier molecular flexibility index (Phi) is 2.90. The number of aromatic nitrogens is 2. The summed E-state index contributed by atoms with van der Waals surface area (Å²) in [5.41, 5.74) is 5.93. The third-order valence-corrected chi connectivity index (χ3v) is 2.29. The molecule has 1 saturated heterocycles. The van der Waals surface area contributed by atoms with Gasteiger partial charge in [-0.2, -0.15) is 0 Å². The van der Waals surface area contributed by atoms with E-state index in [0.29, 0.717) is 12.6 Å². The van der Waals surface area contributed by atoms with Crippen molar-refractivity contribution in [2.24, 2.45) is 5.73 Å². The van der Waals surface area contributed by atoms with Crippen LogP contribution in [0.1, 0.15) is 6.42 Å². The third kappa shape index (κ3) is 2.18. The third-order valence-electron chi connectivity index (χ3n) is 2.29. The van der Waals surface area contributed by atoms with Crippen LogP contribution in [0.3, 0.4) is 0 Å². The molecule has 5 heteroatoms. The van der Waals surface area contributed by atoms with Crippen LogP contribution in [-0.4, -0.2) is 35.3 Å². The van der Waals surface area contributed by atoms with E-state index in [1.165, 1.54) is 0 Å². The molecule has 0 spiro atoms. The number of nitrogens with zero attached hydrogens (tertiary/aromatic N) is 2. The predicted molar refractivity (Wildman–Crippen MR) is 52.9 cm³/mol. The zero-order valence-electron chi connectivity index (χ0n) is 7.89. The summed E-state index contributed by atoms with van der Waals surface area (Å²) in [7, 11) is 0. The highest BCUT2D eigenvalue weighted by Crippen LogP contribution is 2.09. The van der Waals surface area contributed by atoms with Crippen LogP contribution in [0, 0.1) is 0 Å². The molecule has 76 valence electrons. The van der Waals surface area contributed by atoms with Crippen LogP contribution in [0.5, 0.6) is 0 Å². The minimum absolute atomic E-state index is 0.117. The lowest BCUT2D eigenvalue weighted by atomic mass is 10.1. The summed E-state index contributed by atoms with van der Waals surface area (Å²) in [6.07, 6.45) is 4.28. The van der Waals surface area contributed by atoms with Crippen LogP contribution in [0.15, 0.2) is 18.5 Å². The highest BCUT2D eigenvalue weighted by Gasteiger charge is 2.22. The molecule has 2 rings (SSSR count). The molecule has 1 aromatic rings. The maximum absolute atomic E-state index is 5.93. The van der Waals surface area contributed by atoms with Gasteiger partial charge in [0.2, 0.25) is 5.95 Å². The molecule has 0 aliphatic carbocycles. The van der Waals surface area contributed by atoms with Crippen molar-refractivity contribution in [1.82, 2.24) is 9.97 Å². The van der Waals surface area contributed by atoms with Gasteiger partial charge >= 0.3 is 0 Å². The smallest absolute Gasteiger partial charge is 0.222 e. The highest BCUT2D eigenvalue weighted by molar-refractivity contribution is 5.25. The lowest BCUT2D eigenvalue weighted by molar-refractivity contribution is 0.0766. The molecule has 1 fully saturated rings. The van der Waals surface area contributed by atoms with E-state index in [9.17, 15) is 0 Å². The average Bonchev–Trinajstić information content (AvgIpc) is 2.23. The second-order valence-corrected chi connectivity index (χ2v) is 3.35. The molecule has 1 aromatic heterocycles. The van der Waals surface area contributed by atoms with Crippen molar-refractivity contribution in [3.8, 4) is 0 Å². The van der Waals surface area contributed by atoms with Gasteiger partial charge in [0.15, 0.2) is 0 Å². The van der Waals surface area contributed by atoms with E-state index < -0.39 is 0 Å². The van der Waals surface area contributed by atoms with Crippen molar-refractivity contribution < 1.29 is 4.74 Å². The van der Waals surface area contributed by atoms with Crippen molar-refractivity contribution >= 4 is 5.95 Å². The number of hydrogen-bond acceptors (Lipinski definition) is 5.